The summed E-state index contributed by atoms with van der Waals surface area (Å²) < 4.78 is 4.83. The zero-order valence-corrected chi connectivity index (χ0v) is 7.26. The molecular formula is C8H12N2O2. The summed E-state index contributed by atoms with van der Waals surface area (Å²) in [5, 5.41) is 6.34. The molecule has 1 aromatic rings. The highest BCUT2D eigenvalue weighted by molar-refractivity contribution is 5.75. The Kier molecular flexibility index (Phi) is 2.85. The van der Waals surface area contributed by atoms with Crippen molar-refractivity contribution in [3.63, 3.8) is 0 Å². The van der Waals surface area contributed by atoms with Crippen LogP contribution in [0.4, 0.5) is 0 Å². The van der Waals surface area contributed by atoms with E-state index in [4.69, 9.17) is 4.52 Å². The number of nitrogens with zero attached hydrogens (tertiary/aromatic N) is 1. The van der Waals surface area contributed by atoms with E-state index in [2.05, 4.69) is 10.5 Å². The molecule has 0 unspecified atom stereocenters. The van der Waals surface area contributed by atoms with E-state index in [1.54, 1.807) is 6.20 Å². The molecule has 0 aliphatic heterocycles. The number of carbonyl (C=O) groups is 1. The highest BCUT2D eigenvalue weighted by Gasteiger charge is 2.03. The van der Waals surface area contributed by atoms with Gasteiger partial charge in [0.15, 0.2) is 0 Å². The molecule has 0 aromatic carbocycles. The molecule has 1 aromatic heterocycles. The predicted molar refractivity (Wildman–Crippen MR) is 43.4 cm³/mol. The van der Waals surface area contributed by atoms with Crippen molar-refractivity contribution in [3.8, 4) is 0 Å². The van der Waals surface area contributed by atoms with Gasteiger partial charge in [0.2, 0.25) is 5.91 Å². The molecular weight excluding hydrogens is 156 g/mol. The Bertz CT molecular complexity index is 268. The molecule has 0 spiro atoms. The fraction of sp³-hybridized carbons (Fsp3) is 0.500. The van der Waals surface area contributed by atoms with Gasteiger partial charge in [0.25, 0.3) is 0 Å². The normalized spacial score (nSPS) is 9.83. The molecule has 0 saturated carbocycles. The Balaban J connectivity index is 2.43. The maximum absolute atomic E-state index is 10.9. The van der Waals surface area contributed by atoms with Gasteiger partial charge in [-0.15, -0.1) is 0 Å². The van der Waals surface area contributed by atoms with Gasteiger partial charge >= 0.3 is 0 Å². The second-order valence-corrected chi connectivity index (χ2v) is 2.54. The first-order valence-electron chi connectivity index (χ1n) is 3.91. The van der Waals surface area contributed by atoms with Crippen molar-refractivity contribution in [2.75, 3.05) is 0 Å². The van der Waals surface area contributed by atoms with Gasteiger partial charge in [0.05, 0.1) is 6.20 Å². The maximum Gasteiger partial charge on any atom is 0.219 e. The van der Waals surface area contributed by atoms with E-state index in [0.717, 1.165) is 11.3 Å². The topological polar surface area (TPSA) is 55.1 Å². The van der Waals surface area contributed by atoms with Crippen LogP contribution in [0.2, 0.25) is 0 Å². The number of hydrogen-bond acceptors (Lipinski definition) is 3. The average Bonchev–Trinajstić information content (AvgIpc) is 2.47. The van der Waals surface area contributed by atoms with Gasteiger partial charge in [-0.1, -0.05) is 12.1 Å². The quantitative estimate of drug-likeness (QED) is 0.732. The lowest BCUT2D eigenvalue weighted by molar-refractivity contribution is -0.120. The minimum absolute atomic E-state index is 0.0376. The van der Waals surface area contributed by atoms with Gasteiger partial charge in [-0.25, -0.2) is 0 Å². The summed E-state index contributed by atoms with van der Waals surface area (Å²) in [5.41, 5.74) is 0.928. The standard InChI is InChI=1S/C8H12N2O2/c1-3-8(11)9-4-7-5-10-12-6(7)2/h5H,3-4H2,1-2H3,(H,9,11). The molecule has 0 fully saturated rings. The molecule has 0 radical (unpaired) electrons. The second-order valence-electron chi connectivity index (χ2n) is 2.54. The van der Waals surface area contributed by atoms with Crippen LogP contribution >= 0.6 is 0 Å². The van der Waals surface area contributed by atoms with Crippen molar-refractivity contribution < 1.29 is 9.32 Å². The Hall–Kier alpha value is -1.32. The van der Waals surface area contributed by atoms with E-state index in [9.17, 15) is 4.79 Å². The van der Waals surface area contributed by atoms with E-state index in [0.29, 0.717) is 13.0 Å². The van der Waals surface area contributed by atoms with Crippen LogP contribution in [0, 0.1) is 6.92 Å². The van der Waals surface area contributed by atoms with Gasteiger partial charge in [0, 0.05) is 18.5 Å². The SMILES string of the molecule is CCC(=O)NCc1cnoc1C. The molecule has 66 valence electrons. The van der Waals surface area contributed by atoms with Crippen molar-refractivity contribution in [1.29, 1.82) is 0 Å². The monoisotopic (exact) mass is 168 g/mol. The van der Waals surface area contributed by atoms with Gasteiger partial charge in [-0.3, -0.25) is 4.79 Å². The number of hydrogen-bond donors (Lipinski definition) is 1. The zero-order valence-electron chi connectivity index (χ0n) is 7.26. The molecule has 1 amide bonds. The largest absolute Gasteiger partial charge is 0.361 e. The van der Waals surface area contributed by atoms with Crippen LogP contribution in [0.1, 0.15) is 24.7 Å². The van der Waals surface area contributed by atoms with Gasteiger partial charge in [-0.2, -0.15) is 0 Å². The lowest BCUT2D eigenvalue weighted by Gasteiger charge is -1.99. The molecule has 4 heteroatoms. The number of nitrogens with one attached hydrogen (secondary N) is 1. The first-order valence-corrected chi connectivity index (χ1v) is 3.91. The second kappa shape index (κ2) is 3.90. The maximum atomic E-state index is 10.9. The van der Waals surface area contributed by atoms with Gasteiger partial charge < -0.3 is 9.84 Å². The minimum Gasteiger partial charge on any atom is -0.361 e. The number of amides is 1. The van der Waals surface area contributed by atoms with Gasteiger partial charge in [-0.05, 0) is 6.92 Å². The lowest BCUT2D eigenvalue weighted by Crippen LogP contribution is -2.21. The first kappa shape index (κ1) is 8.77. The third kappa shape index (κ3) is 2.08. The zero-order chi connectivity index (χ0) is 8.97. The fourth-order valence-corrected chi connectivity index (χ4v) is 0.807. The molecule has 1 N–H and O–H groups in total. The molecule has 1 rings (SSSR count). The summed E-state index contributed by atoms with van der Waals surface area (Å²) in [5.74, 6) is 0.794. The summed E-state index contributed by atoms with van der Waals surface area (Å²) in [6, 6.07) is 0. The number of rotatable bonds is 3. The molecule has 0 saturated heterocycles. The molecule has 4 nitrogen and oxygen atoms in total. The summed E-state index contributed by atoms with van der Waals surface area (Å²) in [4.78, 5) is 10.9. The van der Waals surface area contributed by atoms with Crippen LogP contribution in [0.5, 0.6) is 0 Å². The van der Waals surface area contributed by atoms with Crippen LogP contribution in [0.25, 0.3) is 0 Å². The molecule has 0 atom stereocenters. The lowest BCUT2D eigenvalue weighted by atomic mass is 10.3. The van der Waals surface area contributed by atoms with Crippen LogP contribution in [0.15, 0.2) is 10.7 Å². The molecule has 12 heavy (non-hydrogen) atoms. The van der Waals surface area contributed by atoms with E-state index in [-0.39, 0.29) is 5.91 Å². The molecule has 1 heterocycles. The average molecular weight is 168 g/mol. The summed E-state index contributed by atoms with van der Waals surface area (Å²) in [7, 11) is 0. The molecule has 0 bridgehead atoms. The Morgan fingerprint density at radius 1 is 1.75 bits per heavy atom. The van der Waals surface area contributed by atoms with Crippen LogP contribution in [-0.2, 0) is 11.3 Å². The van der Waals surface area contributed by atoms with Crippen molar-refractivity contribution in [2.24, 2.45) is 0 Å². The van der Waals surface area contributed by atoms with Crippen LogP contribution < -0.4 is 5.32 Å². The van der Waals surface area contributed by atoms with E-state index >= 15 is 0 Å². The highest BCUT2D eigenvalue weighted by atomic mass is 16.5. The van der Waals surface area contributed by atoms with E-state index in [1.165, 1.54) is 0 Å². The summed E-state index contributed by atoms with van der Waals surface area (Å²) >= 11 is 0. The van der Waals surface area contributed by atoms with E-state index < -0.39 is 0 Å². The van der Waals surface area contributed by atoms with Crippen molar-refractivity contribution in [1.82, 2.24) is 10.5 Å². The van der Waals surface area contributed by atoms with Crippen LogP contribution in [-0.4, -0.2) is 11.1 Å². The number of carbonyl (C=O) groups excluding carboxylic acids is 1. The first-order chi connectivity index (χ1) is 5.74. The molecule has 0 aliphatic carbocycles. The predicted octanol–water partition coefficient (Wildman–Crippen LogP) is 1.01. The van der Waals surface area contributed by atoms with Gasteiger partial charge in [0.1, 0.15) is 5.76 Å². The van der Waals surface area contributed by atoms with Crippen molar-refractivity contribution in [2.45, 2.75) is 26.8 Å². The van der Waals surface area contributed by atoms with E-state index in [1.807, 2.05) is 13.8 Å². The Morgan fingerprint density at radius 2 is 2.50 bits per heavy atom. The third-order valence-electron chi connectivity index (χ3n) is 1.65. The molecule has 0 aliphatic rings. The summed E-state index contributed by atoms with van der Waals surface area (Å²) in [6.45, 7) is 4.14. The fourth-order valence-electron chi connectivity index (χ4n) is 0.807. The Labute approximate surface area is 70.9 Å². The van der Waals surface area contributed by atoms with Crippen molar-refractivity contribution >= 4 is 5.91 Å². The minimum atomic E-state index is 0.0376. The summed E-state index contributed by atoms with van der Waals surface area (Å²) in [6.07, 6.45) is 2.12. The third-order valence-corrected chi connectivity index (χ3v) is 1.65. The van der Waals surface area contributed by atoms with Crippen LogP contribution in [0.3, 0.4) is 0 Å². The highest BCUT2D eigenvalue weighted by Crippen LogP contribution is 2.04. The Morgan fingerprint density at radius 3 is 3.00 bits per heavy atom. The number of aryl methyl sites for hydroxylation is 1. The number of aromatic nitrogens is 1. The smallest absolute Gasteiger partial charge is 0.219 e. The van der Waals surface area contributed by atoms with Crippen molar-refractivity contribution in [3.05, 3.63) is 17.5 Å².